The van der Waals surface area contributed by atoms with E-state index in [2.05, 4.69) is 10.6 Å². The molecule has 44 heavy (non-hydrogen) atoms. The fourth-order valence-electron chi connectivity index (χ4n) is 4.71. The predicted octanol–water partition coefficient (Wildman–Crippen LogP) is 3.40. The molecule has 0 aliphatic carbocycles. The van der Waals surface area contributed by atoms with Crippen LogP contribution in [-0.4, -0.2) is 72.3 Å². The quantitative estimate of drug-likeness (QED) is 0.175. The first-order valence-electron chi connectivity index (χ1n) is 13.7. The molecule has 0 aliphatic heterocycles. The van der Waals surface area contributed by atoms with Crippen LogP contribution in [0.1, 0.15) is 42.1 Å². The van der Waals surface area contributed by atoms with E-state index in [9.17, 15) is 39.0 Å². The van der Waals surface area contributed by atoms with Gasteiger partial charge in [-0.2, -0.15) is 0 Å². The van der Waals surface area contributed by atoms with Crippen molar-refractivity contribution in [1.29, 1.82) is 0 Å². The minimum absolute atomic E-state index is 0.0812. The van der Waals surface area contributed by atoms with E-state index in [0.717, 1.165) is 18.4 Å². The highest BCUT2D eigenvalue weighted by molar-refractivity contribution is 6.40. The molecular weight excluding hydrogens is 574 g/mol. The van der Waals surface area contributed by atoms with Gasteiger partial charge in [-0.1, -0.05) is 62.2 Å². The predicted molar refractivity (Wildman–Crippen MR) is 159 cm³/mol. The minimum atomic E-state index is -1.81. The van der Waals surface area contributed by atoms with E-state index in [4.69, 9.17) is 9.47 Å². The Balaban J connectivity index is 2.12. The summed E-state index contributed by atoms with van der Waals surface area (Å²) in [5.74, 6) is -5.87. The van der Waals surface area contributed by atoms with Gasteiger partial charge in [0, 0.05) is 11.8 Å². The molecule has 0 heterocycles. The van der Waals surface area contributed by atoms with E-state index in [-0.39, 0.29) is 23.4 Å². The molecule has 0 aromatic heterocycles. The van der Waals surface area contributed by atoms with Crippen molar-refractivity contribution in [3.8, 4) is 0 Å². The van der Waals surface area contributed by atoms with Gasteiger partial charge in [0.05, 0.1) is 31.2 Å². The molecule has 0 aliphatic rings. The van der Waals surface area contributed by atoms with Crippen LogP contribution in [0.5, 0.6) is 0 Å². The number of methoxy groups -OCH3 is 2. The van der Waals surface area contributed by atoms with Crippen LogP contribution in [0.2, 0.25) is 0 Å². The first-order chi connectivity index (χ1) is 21.0. The van der Waals surface area contributed by atoms with Crippen molar-refractivity contribution in [3.63, 3.8) is 0 Å². The van der Waals surface area contributed by atoms with E-state index in [0.29, 0.717) is 29.2 Å². The topological polar surface area (TPSA) is 189 Å². The molecule has 0 fully saturated rings. The van der Waals surface area contributed by atoms with Crippen LogP contribution >= 0.6 is 0 Å². The summed E-state index contributed by atoms with van der Waals surface area (Å²) in [5, 5.41) is 25.4. The fraction of sp³-hybridized carbons (Fsp3) is 0.290. The maximum absolute atomic E-state index is 13.4. The highest BCUT2D eigenvalue weighted by atomic mass is 16.5. The monoisotopic (exact) mass is 607 g/mol. The number of carbonyl (C=O) groups excluding carboxylic acids is 4. The number of carboxylic acid groups (broad SMARTS) is 2. The van der Waals surface area contributed by atoms with Crippen molar-refractivity contribution in [1.82, 2.24) is 10.6 Å². The zero-order valence-corrected chi connectivity index (χ0v) is 24.4. The van der Waals surface area contributed by atoms with Crippen LogP contribution in [0, 0.1) is 0 Å². The number of carbonyl (C=O) groups is 6. The second-order valence-corrected chi connectivity index (χ2v) is 9.68. The molecule has 3 rings (SSSR count). The van der Waals surface area contributed by atoms with Gasteiger partial charge in [-0.3, -0.25) is 14.5 Å². The van der Waals surface area contributed by atoms with Crippen LogP contribution < -0.4 is 15.5 Å². The van der Waals surface area contributed by atoms with Crippen molar-refractivity contribution >= 4 is 58.0 Å². The molecule has 1 unspecified atom stereocenters. The molecule has 232 valence electrons. The second-order valence-electron chi connectivity index (χ2n) is 9.68. The standard InChI is InChI=1S/C31H33N3O10/c1-4-5-13-22(30(41)43-2)32-26(35)23(33-31(42)44-3)17-18-15-16-25(20-11-7-6-10-19(18)20)34(27(36)29(39)40)24-14-9-8-12-21(24)28(37)38/h6-12,14-16,22-23H,4-5,13,17H2,1-3H3,(H,32,35)(H,33,42)(H,37,38)(H,39,40)/t22-,23?/m0/s1. The maximum atomic E-state index is 13.4. The number of esters is 1. The van der Waals surface area contributed by atoms with Gasteiger partial charge in [0.15, 0.2) is 0 Å². The van der Waals surface area contributed by atoms with Gasteiger partial charge in [0.25, 0.3) is 0 Å². The Morgan fingerprint density at radius 3 is 2.07 bits per heavy atom. The Morgan fingerprint density at radius 1 is 0.795 bits per heavy atom. The molecule has 3 amide bonds. The van der Waals surface area contributed by atoms with E-state index in [1.54, 1.807) is 24.3 Å². The summed E-state index contributed by atoms with van der Waals surface area (Å²) in [6.45, 7) is 1.93. The number of ether oxygens (including phenoxy) is 2. The normalized spacial score (nSPS) is 12.0. The van der Waals surface area contributed by atoms with Gasteiger partial charge in [-0.25, -0.2) is 19.2 Å². The molecule has 0 saturated heterocycles. The third-order valence-corrected chi connectivity index (χ3v) is 6.86. The molecular formula is C31H33N3O10. The Labute approximate surface area is 252 Å². The average molecular weight is 608 g/mol. The number of rotatable bonds is 12. The smallest absolute Gasteiger partial charge is 0.407 e. The lowest BCUT2D eigenvalue weighted by Crippen LogP contribution is -2.52. The Bertz CT molecular complexity index is 1570. The lowest BCUT2D eigenvalue weighted by Gasteiger charge is -2.26. The average Bonchev–Trinajstić information content (AvgIpc) is 3.02. The number of hydrogen-bond donors (Lipinski definition) is 4. The maximum Gasteiger partial charge on any atom is 0.407 e. The lowest BCUT2D eigenvalue weighted by atomic mass is 9.96. The fourth-order valence-corrected chi connectivity index (χ4v) is 4.71. The highest BCUT2D eigenvalue weighted by Gasteiger charge is 2.31. The van der Waals surface area contributed by atoms with Crippen LogP contribution in [-0.2, 0) is 35.1 Å². The number of nitrogens with one attached hydrogen (secondary N) is 2. The summed E-state index contributed by atoms with van der Waals surface area (Å²) < 4.78 is 9.53. The number of unbranched alkanes of at least 4 members (excludes halogenated alkanes) is 1. The summed E-state index contributed by atoms with van der Waals surface area (Å²) in [7, 11) is 2.34. The van der Waals surface area contributed by atoms with Crippen LogP contribution in [0.15, 0.2) is 60.7 Å². The zero-order valence-electron chi connectivity index (χ0n) is 24.4. The number of carboxylic acids is 2. The number of amides is 3. The van der Waals surface area contributed by atoms with Gasteiger partial charge >= 0.3 is 29.9 Å². The summed E-state index contributed by atoms with van der Waals surface area (Å²) >= 11 is 0. The largest absolute Gasteiger partial charge is 0.478 e. The van der Waals surface area contributed by atoms with Crippen molar-refractivity contribution in [3.05, 3.63) is 71.8 Å². The number of aliphatic carboxylic acids is 1. The molecule has 0 radical (unpaired) electrons. The number of benzene rings is 3. The summed E-state index contributed by atoms with van der Waals surface area (Å²) in [4.78, 5) is 75.6. The summed E-state index contributed by atoms with van der Waals surface area (Å²) in [6, 6.07) is 12.9. The van der Waals surface area contributed by atoms with Gasteiger partial charge in [-0.15, -0.1) is 0 Å². The number of nitrogens with zero attached hydrogens (tertiary/aromatic N) is 1. The van der Waals surface area contributed by atoms with Gasteiger partial charge in [-0.05, 0) is 35.6 Å². The Kier molecular flexibility index (Phi) is 11.4. The van der Waals surface area contributed by atoms with Crippen molar-refractivity contribution < 1.29 is 48.5 Å². The molecule has 3 aromatic carbocycles. The molecule has 3 aromatic rings. The highest BCUT2D eigenvalue weighted by Crippen LogP contribution is 2.36. The van der Waals surface area contributed by atoms with E-state index >= 15 is 0 Å². The summed E-state index contributed by atoms with van der Waals surface area (Å²) in [6.07, 6.45) is 0.740. The lowest BCUT2D eigenvalue weighted by molar-refractivity contribution is -0.148. The Morgan fingerprint density at radius 2 is 1.45 bits per heavy atom. The number of anilines is 2. The van der Waals surface area contributed by atoms with Crippen molar-refractivity contribution in [2.75, 3.05) is 19.1 Å². The molecule has 13 nitrogen and oxygen atoms in total. The molecule has 0 spiro atoms. The zero-order chi connectivity index (χ0) is 32.4. The first kappa shape index (κ1) is 33.0. The van der Waals surface area contributed by atoms with Gasteiger partial charge < -0.3 is 30.3 Å². The molecule has 0 saturated carbocycles. The van der Waals surface area contributed by atoms with Gasteiger partial charge in [0.1, 0.15) is 12.1 Å². The number of hydrogen-bond acceptors (Lipinski definition) is 8. The van der Waals surface area contributed by atoms with Crippen LogP contribution in [0.3, 0.4) is 0 Å². The SMILES string of the molecule is CCCC[C@H](NC(=O)C(Cc1ccc(N(C(=O)C(=O)O)c2ccccc2C(=O)O)c2ccccc12)NC(=O)OC)C(=O)OC. The van der Waals surface area contributed by atoms with Crippen molar-refractivity contribution in [2.24, 2.45) is 0 Å². The van der Waals surface area contributed by atoms with E-state index < -0.39 is 47.9 Å². The molecule has 0 bridgehead atoms. The molecule has 4 N–H and O–H groups in total. The third-order valence-electron chi connectivity index (χ3n) is 6.86. The minimum Gasteiger partial charge on any atom is -0.478 e. The number of alkyl carbamates (subject to hydrolysis) is 1. The van der Waals surface area contributed by atoms with Crippen molar-refractivity contribution in [2.45, 2.75) is 44.7 Å². The summed E-state index contributed by atoms with van der Waals surface area (Å²) in [5.41, 5.74) is 0.143. The number of aromatic carboxylic acids is 1. The third kappa shape index (κ3) is 7.68. The van der Waals surface area contributed by atoms with Crippen LogP contribution in [0.25, 0.3) is 10.8 Å². The Hall–Kier alpha value is -5.46. The first-order valence-corrected chi connectivity index (χ1v) is 13.7. The van der Waals surface area contributed by atoms with Gasteiger partial charge in [0.2, 0.25) is 5.91 Å². The molecule has 13 heteroatoms. The van der Waals surface area contributed by atoms with Crippen LogP contribution in [0.4, 0.5) is 16.2 Å². The number of fused-ring (bicyclic) bond motifs is 1. The van der Waals surface area contributed by atoms with E-state index in [1.807, 2.05) is 6.92 Å². The number of para-hydroxylation sites is 1. The second kappa shape index (κ2) is 15.1. The molecule has 2 atom stereocenters. The van der Waals surface area contributed by atoms with E-state index in [1.165, 1.54) is 43.5 Å².